The Morgan fingerprint density at radius 3 is 2.88 bits per heavy atom. The Hall–Kier alpha value is -3.43. The maximum Gasteiger partial charge on any atom is 0.274 e. The molecule has 2 aromatic rings. The number of nitro benzene ring substituents is 1. The molecule has 10 nitrogen and oxygen atoms in total. The lowest BCUT2D eigenvalue weighted by molar-refractivity contribution is -0.385. The van der Waals surface area contributed by atoms with E-state index in [0.717, 1.165) is 24.8 Å². The highest BCUT2D eigenvalue weighted by atomic mass is 16.6. The van der Waals surface area contributed by atoms with Crippen LogP contribution in [-0.4, -0.2) is 33.3 Å². The summed E-state index contributed by atoms with van der Waals surface area (Å²) in [6.45, 7) is 1.96. The summed E-state index contributed by atoms with van der Waals surface area (Å²) in [6, 6.07) is 3.65. The molecule has 1 aromatic heterocycles. The average Bonchev–Trinajstić information content (AvgIpc) is 2.56. The molecule has 0 radical (unpaired) electrons. The molecule has 0 spiro atoms. The van der Waals surface area contributed by atoms with E-state index >= 15 is 0 Å². The summed E-state index contributed by atoms with van der Waals surface area (Å²) in [6.07, 6.45) is 2.64. The molecule has 1 heterocycles. The van der Waals surface area contributed by atoms with Gasteiger partial charge >= 0.3 is 0 Å². The van der Waals surface area contributed by atoms with E-state index in [1.807, 2.05) is 6.92 Å². The number of nitrogens with zero attached hydrogens (tertiary/aromatic N) is 3. The molecule has 0 aliphatic heterocycles. The number of aromatic amines is 1. The van der Waals surface area contributed by atoms with Gasteiger partial charge in [-0.15, -0.1) is 0 Å². The number of methoxy groups -OCH3 is 1. The van der Waals surface area contributed by atoms with Gasteiger partial charge in [0.25, 0.3) is 11.2 Å². The smallest absolute Gasteiger partial charge is 0.274 e. The molecule has 0 aliphatic carbocycles. The first-order chi connectivity index (χ1) is 11.9. The lowest BCUT2D eigenvalue weighted by Gasteiger charge is -2.06. The number of aryl methyl sites for hydroxylation is 1. The number of aromatic nitrogens is 2. The van der Waals surface area contributed by atoms with E-state index < -0.39 is 4.92 Å². The maximum atomic E-state index is 11.6. The number of hydrogen-bond acceptors (Lipinski definition) is 8. The molecule has 0 atom stereocenters. The quantitative estimate of drug-likeness (QED) is 0.393. The number of benzene rings is 1. The zero-order chi connectivity index (χ0) is 18.4. The Balaban J connectivity index is 2.26. The number of rotatable bonds is 7. The summed E-state index contributed by atoms with van der Waals surface area (Å²) in [5.41, 5.74) is 2.64. The number of phenolic OH excluding ortho intramolecular Hbond substituents is 1. The van der Waals surface area contributed by atoms with Crippen LogP contribution in [-0.2, 0) is 6.42 Å². The number of aromatic hydroxyl groups is 1. The standard InChI is InChI=1S/C15H17N5O5/c1-3-4-10-6-13(21)18-15(17-10)19-16-8-9-5-11(20(23)24)7-12(25-2)14(9)22/h5-8,22H,3-4H2,1-2H3,(H2,17,18,19,21)/b16-8-. The van der Waals surface area contributed by atoms with Gasteiger partial charge in [0.1, 0.15) is 0 Å². The second-order valence-corrected chi connectivity index (χ2v) is 5.05. The summed E-state index contributed by atoms with van der Waals surface area (Å²) >= 11 is 0. The molecule has 0 fully saturated rings. The highest BCUT2D eigenvalue weighted by molar-refractivity contribution is 5.86. The van der Waals surface area contributed by atoms with E-state index in [9.17, 15) is 20.0 Å². The first-order valence-electron chi connectivity index (χ1n) is 7.39. The summed E-state index contributed by atoms with van der Waals surface area (Å²) in [5.74, 6) is -0.212. The van der Waals surface area contributed by atoms with Gasteiger partial charge in [0, 0.05) is 23.4 Å². The van der Waals surface area contributed by atoms with Gasteiger partial charge in [-0.25, -0.2) is 10.4 Å². The van der Waals surface area contributed by atoms with E-state index in [0.29, 0.717) is 12.1 Å². The maximum absolute atomic E-state index is 11.6. The Kier molecular flexibility index (Phi) is 5.66. The Labute approximate surface area is 142 Å². The fourth-order valence-electron chi connectivity index (χ4n) is 2.08. The topological polar surface area (TPSA) is 143 Å². The molecule has 3 N–H and O–H groups in total. The largest absolute Gasteiger partial charge is 0.504 e. The zero-order valence-corrected chi connectivity index (χ0v) is 13.6. The van der Waals surface area contributed by atoms with Gasteiger partial charge in [-0.3, -0.25) is 19.9 Å². The number of nitro groups is 1. The van der Waals surface area contributed by atoms with Crippen molar-refractivity contribution in [2.45, 2.75) is 19.8 Å². The second-order valence-electron chi connectivity index (χ2n) is 5.05. The van der Waals surface area contributed by atoms with Gasteiger partial charge in [-0.2, -0.15) is 5.10 Å². The molecule has 0 aliphatic rings. The van der Waals surface area contributed by atoms with Gasteiger partial charge in [0.05, 0.1) is 24.3 Å². The minimum absolute atomic E-state index is 0.0490. The lowest BCUT2D eigenvalue weighted by Crippen LogP contribution is -2.12. The molecule has 2 rings (SSSR count). The van der Waals surface area contributed by atoms with Crippen molar-refractivity contribution in [2.24, 2.45) is 5.10 Å². The first kappa shape index (κ1) is 17.9. The van der Waals surface area contributed by atoms with Crippen LogP contribution in [0.1, 0.15) is 24.6 Å². The molecule has 0 saturated carbocycles. The van der Waals surface area contributed by atoms with Crippen LogP contribution in [0.25, 0.3) is 0 Å². The van der Waals surface area contributed by atoms with Crippen LogP contribution in [0.5, 0.6) is 11.5 Å². The van der Waals surface area contributed by atoms with E-state index in [1.165, 1.54) is 13.2 Å². The van der Waals surface area contributed by atoms with Gasteiger partial charge in [0.2, 0.25) is 5.95 Å². The third kappa shape index (κ3) is 4.53. The normalized spacial score (nSPS) is 10.8. The Bertz CT molecular complexity index is 862. The van der Waals surface area contributed by atoms with Gasteiger partial charge in [-0.05, 0) is 6.42 Å². The fraction of sp³-hybridized carbons (Fsp3) is 0.267. The number of hydrazone groups is 1. The van der Waals surface area contributed by atoms with Crippen molar-refractivity contribution < 1.29 is 14.8 Å². The van der Waals surface area contributed by atoms with Crippen LogP contribution in [0.3, 0.4) is 0 Å². The molecule has 0 amide bonds. The molecule has 0 bridgehead atoms. The van der Waals surface area contributed by atoms with Crippen molar-refractivity contribution in [1.82, 2.24) is 9.97 Å². The molecule has 0 unspecified atom stereocenters. The number of H-pyrrole nitrogens is 1. The van der Waals surface area contributed by atoms with Crippen molar-refractivity contribution in [1.29, 1.82) is 0 Å². The second kappa shape index (κ2) is 7.90. The van der Waals surface area contributed by atoms with Crippen LogP contribution in [0, 0.1) is 10.1 Å². The minimum Gasteiger partial charge on any atom is -0.504 e. The van der Waals surface area contributed by atoms with Crippen molar-refractivity contribution in [3.63, 3.8) is 0 Å². The van der Waals surface area contributed by atoms with E-state index in [4.69, 9.17) is 4.74 Å². The third-order valence-electron chi connectivity index (χ3n) is 3.19. The van der Waals surface area contributed by atoms with Crippen LogP contribution in [0.15, 0.2) is 28.1 Å². The molecule has 1 aromatic carbocycles. The molecule has 0 saturated heterocycles. The van der Waals surface area contributed by atoms with Crippen LogP contribution >= 0.6 is 0 Å². The SMILES string of the molecule is CCCc1cc(=O)[nH]c(N/N=C\c2cc([N+](=O)[O-])cc(OC)c2O)n1. The van der Waals surface area contributed by atoms with Crippen molar-refractivity contribution in [2.75, 3.05) is 12.5 Å². The first-order valence-corrected chi connectivity index (χ1v) is 7.39. The van der Waals surface area contributed by atoms with Crippen LogP contribution < -0.4 is 15.7 Å². The summed E-state index contributed by atoms with van der Waals surface area (Å²) in [5, 5.41) is 24.8. The number of anilines is 1. The Morgan fingerprint density at radius 1 is 1.48 bits per heavy atom. The van der Waals surface area contributed by atoms with Crippen LogP contribution in [0.4, 0.5) is 11.6 Å². The third-order valence-corrected chi connectivity index (χ3v) is 3.19. The Morgan fingerprint density at radius 2 is 2.24 bits per heavy atom. The highest BCUT2D eigenvalue weighted by Gasteiger charge is 2.15. The van der Waals surface area contributed by atoms with Crippen molar-refractivity contribution in [3.8, 4) is 11.5 Å². The molecular weight excluding hydrogens is 330 g/mol. The summed E-state index contributed by atoms with van der Waals surface area (Å²) in [4.78, 5) is 28.5. The van der Waals surface area contributed by atoms with Crippen molar-refractivity contribution in [3.05, 3.63) is 49.9 Å². The van der Waals surface area contributed by atoms with Gasteiger partial charge in [0.15, 0.2) is 11.5 Å². The van der Waals surface area contributed by atoms with E-state index in [-0.39, 0.29) is 34.3 Å². The predicted molar refractivity (Wildman–Crippen MR) is 91.4 cm³/mol. The molecule has 25 heavy (non-hydrogen) atoms. The van der Waals surface area contributed by atoms with Crippen molar-refractivity contribution >= 4 is 17.9 Å². The zero-order valence-electron chi connectivity index (χ0n) is 13.6. The molecular formula is C15H17N5O5. The van der Waals surface area contributed by atoms with E-state index in [1.54, 1.807) is 0 Å². The summed E-state index contributed by atoms with van der Waals surface area (Å²) < 4.78 is 4.90. The summed E-state index contributed by atoms with van der Waals surface area (Å²) in [7, 11) is 1.28. The number of phenols is 1. The predicted octanol–water partition coefficient (Wildman–Crippen LogP) is 1.79. The fourth-order valence-corrected chi connectivity index (χ4v) is 2.08. The monoisotopic (exact) mass is 347 g/mol. The van der Waals surface area contributed by atoms with Gasteiger partial charge in [-0.1, -0.05) is 13.3 Å². The van der Waals surface area contributed by atoms with E-state index in [2.05, 4.69) is 20.5 Å². The highest BCUT2D eigenvalue weighted by Crippen LogP contribution is 2.33. The number of hydrogen-bond donors (Lipinski definition) is 3. The molecule has 10 heteroatoms. The number of non-ortho nitro benzene ring substituents is 1. The lowest BCUT2D eigenvalue weighted by atomic mass is 10.2. The minimum atomic E-state index is -0.611. The number of ether oxygens (including phenoxy) is 1. The van der Waals surface area contributed by atoms with Gasteiger partial charge < -0.3 is 9.84 Å². The number of nitrogens with one attached hydrogen (secondary N) is 2. The van der Waals surface area contributed by atoms with Crippen LogP contribution in [0.2, 0.25) is 0 Å². The average molecular weight is 347 g/mol. The molecule has 132 valence electrons.